The lowest BCUT2D eigenvalue weighted by atomic mass is 10.0. The van der Waals surface area contributed by atoms with Crippen LogP contribution in [-0.4, -0.2) is 0 Å². The maximum atomic E-state index is 6.09. The molecule has 0 heterocycles. The normalized spacial score (nSPS) is 10.6. The Bertz CT molecular complexity index is 553. The molecule has 19 heavy (non-hydrogen) atoms. The number of aryl methyl sites for hydroxylation is 4. The van der Waals surface area contributed by atoms with Crippen molar-refractivity contribution in [2.24, 2.45) is 0 Å². The van der Waals surface area contributed by atoms with E-state index >= 15 is 0 Å². The lowest BCUT2D eigenvalue weighted by Gasteiger charge is -2.14. The summed E-state index contributed by atoms with van der Waals surface area (Å²) in [5.41, 5.74) is 6.04. The largest absolute Gasteiger partial charge is 0.457 e. The summed E-state index contributed by atoms with van der Waals surface area (Å²) in [7, 11) is 0. The first-order chi connectivity index (χ1) is 8.99. The van der Waals surface area contributed by atoms with E-state index in [9.17, 15) is 0 Å². The van der Waals surface area contributed by atoms with Crippen LogP contribution in [0.3, 0.4) is 0 Å². The topological polar surface area (TPSA) is 9.23 Å². The van der Waals surface area contributed by atoms with Gasteiger partial charge in [0.15, 0.2) is 0 Å². The van der Waals surface area contributed by atoms with Gasteiger partial charge >= 0.3 is 0 Å². The fourth-order valence-corrected chi connectivity index (χ4v) is 2.42. The van der Waals surface area contributed by atoms with Crippen LogP contribution in [0.4, 0.5) is 0 Å². The molecule has 0 N–H and O–H groups in total. The number of hydrogen-bond acceptors (Lipinski definition) is 1. The van der Waals surface area contributed by atoms with Gasteiger partial charge in [0, 0.05) is 0 Å². The molecule has 0 aliphatic heterocycles. The maximum Gasteiger partial charge on any atom is 0.133 e. The predicted molar refractivity (Wildman–Crippen MR) is 81.0 cm³/mol. The highest BCUT2D eigenvalue weighted by molar-refractivity contribution is 5.48. The Labute approximate surface area is 116 Å². The predicted octanol–water partition coefficient (Wildman–Crippen LogP) is 5.28. The zero-order valence-corrected chi connectivity index (χ0v) is 12.4. The average Bonchev–Trinajstić information content (AvgIpc) is 2.32. The molecule has 2 rings (SSSR count). The molecule has 1 heteroatoms. The Morgan fingerprint density at radius 2 is 1.32 bits per heavy atom. The molecule has 1 nitrogen and oxygen atoms in total. The van der Waals surface area contributed by atoms with Gasteiger partial charge in [-0.1, -0.05) is 25.1 Å². The van der Waals surface area contributed by atoms with Gasteiger partial charge in [0.2, 0.25) is 0 Å². The molecule has 2 aromatic rings. The Balaban J connectivity index is 2.38. The van der Waals surface area contributed by atoms with Crippen LogP contribution in [0, 0.1) is 34.1 Å². The van der Waals surface area contributed by atoms with Crippen LogP contribution in [0.5, 0.6) is 11.5 Å². The first kappa shape index (κ1) is 13.7. The van der Waals surface area contributed by atoms with Crippen LogP contribution in [-0.2, 0) is 0 Å². The number of ether oxygens (including phenoxy) is 1. The Hall–Kier alpha value is -1.76. The lowest BCUT2D eigenvalue weighted by Crippen LogP contribution is -1.94. The van der Waals surface area contributed by atoms with Crippen molar-refractivity contribution in [3.8, 4) is 11.5 Å². The molecule has 0 spiro atoms. The first-order valence-electron chi connectivity index (χ1n) is 6.66. The van der Waals surface area contributed by atoms with Gasteiger partial charge in [-0.3, -0.25) is 0 Å². The molecule has 0 unspecified atom stereocenters. The summed E-state index contributed by atoms with van der Waals surface area (Å²) in [5, 5.41) is 0. The summed E-state index contributed by atoms with van der Waals surface area (Å²) in [6.45, 7) is 10.4. The third-order valence-corrected chi connectivity index (χ3v) is 3.23. The van der Waals surface area contributed by atoms with Crippen molar-refractivity contribution in [3.05, 3.63) is 64.6 Å². The van der Waals surface area contributed by atoms with E-state index in [-0.39, 0.29) is 0 Å². The van der Waals surface area contributed by atoms with E-state index in [0.29, 0.717) is 0 Å². The van der Waals surface area contributed by atoms with Gasteiger partial charge in [0.05, 0.1) is 0 Å². The average molecular weight is 253 g/mol. The minimum Gasteiger partial charge on any atom is -0.457 e. The van der Waals surface area contributed by atoms with Crippen molar-refractivity contribution in [1.29, 1.82) is 0 Å². The summed E-state index contributed by atoms with van der Waals surface area (Å²) in [6, 6.07) is 10.6. The summed E-state index contributed by atoms with van der Waals surface area (Å²) >= 11 is 0. The van der Waals surface area contributed by atoms with Crippen molar-refractivity contribution in [2.45, 2.75) is 34.6 Å². The molecule has 0 fully saturated rings. The minimum atomic E-state index is 0.914. The van der Waals surface area contributed by atoms with Gasteiger partial charge in [-0.15, -0.1) is 0 Å². The van der Waals surface area contributed by atoms with Gasteiger partial charge < -0.3 is 4.74 Å². The van der Waals surface area contributed by atoms with Gasteiger partial charge in [-0.25, -0.2) is 0 Å². The van der Waals surface area contributed by atoms with Gasteiger partial charge in [0.1, 0.15) is 11.5 Å². The van der Waals surface area contributed by atoms with E-state index in [1.807, 2.05) is 0 Å². The molecule has 0 bridgehead atoms. The van der Waals surface area contributed by atoms with Gasteiger partial charge in [0.25, 0.3) is 0 Å². The summed E-state index contributed by atoms with van der Waals surface area (Å²) < 4.78 is 6.09. The first-order valence-corrected chi connectivity index (χ1v) is 6.66. The molecule has 0 aliphatic rings. The van der Waals surface area contributed by atoms with E-state index in [0.717, 1.165) is 11.5 Å². The highest BCUT2D eigenvalue weighted by Gasteiger charge is 2.08. The molecular formula is C18H21O. The van der Waals surface area contributed by atoms with Crippen molar-refractivity contribution in [3.63, 3.8) is 0 Å². The van der Waals surface area contributed by atoms with Crippen molar-refractivity contribution >= 4 is 0 Å². The van der Waals surface area contributed by atoms with Crippen LogP contribution < -0.4 is 4.74 Å². The smallest absolute Gasteiger partial charge is 0.133 e. The van der Waals surface area contributed by atoms with Crippen molar-refractivity contribution in [1.82, 2.24) is 0 Å². The van der Waals surface area contributed by atoms with Gasteiger partial charge in [-0.05, 0) is 74.1 Å². The second kappa shape index (κ2) is 5.48. The molecule has 99 valence electrons. The molecule has 0 aromatic heterocycles. The third kappa shape index (κ3) is 3.17. The standard InChI is InChI=1S/C18H21O/c1-6-16-10-14(4)18(15(5)11-16)19-17-8-12(2)7-13(3)9-17/h6-11H,1-5H3. The van der Waals surface area contributed by atoms with Crippen LogP contribution in [0.25, 0.3) is 0 Å². The van der Waals surface area contributed by atoms with Crippen molar-refractivity contribution < 1.29 is 4.74 Å². The number of benzene rings is 2. The second-order valence-electron chi connectivity index (χ2n) is 5.20. The van der Waals surface area contributed by atoms with Gasteiger partial charge in [-0.2, -0.15) is 0 Å². The molecule has 1 radical (unpaired) electrons. The van der Waals surface area contributed by atoms with E-state index in [2.05, 4.69) is 71.4 Å². The monoisotopic (exact) mass is 253 g/mol. The maximum absolute atomic E-state index is 6.09. The minimum absolute atomic E-state index is 0.914. The van der Waals surface area contributed by atoms with E-state index < -0.39 is 0 Å². The summed E-state index contributed by atoms with van der Waals surface area (Å²) in [6.07, 6.45) is 2.11. The van der Waals surface area contributed by atoms with Crippen LogP contribution in [0.15, 0.2) is 30.3 Å². The Morgan fingerprint density at radius 1 is 0.789 bits per heavy atom. The fraction of sp³-hybridized carbons (Fsp3) is 0.278. The van der Waals surface area contributed by atoms with Crippen LogP contribution >= 0.6 is 0 Å². The SMILES string of the molecule is C[CH]c1cc(C)c(Oc2cc(C)cc(C)c2)c(C)c1. The van der Waals surface area contributed by atoms with Crippen LogP contribution in [0.1, 0.15) is 34.7 Å². The molecular weight excluding hydrogens is 232 g/mol. The summed E-state index contributed by atoms with van der Waals surface area (Å²) in [4.78, 5) is 0. The van der Waals surface area contributed by atoms with Crippen molar-refractivity contribution in [2.75, 3.05) is 0 Å². The molecule has 2 aromatic carbocycles. The zero-order valence-electron chi connectivity index (χ0n) is 12.4. The van der Waals surface area contributed by atoms with E-state index in [1.165, 1.54) is 27.8 Å². The Morgan fingerprint density at radius 3 is 1.79 bits per heavy atom. The molecule has 0 atom stereocenters. The van der Waals surface area contributed by atoms with E-state index in [1.54, 1.807) is 0 Å². The Kier molecular flexibility index (Phi) is 3.94. The molecule has 0 amide bonds. The third-order valence-electron chi connectivity index (χ3n) is 3.23. The lowest BCUT2D eigenvalue weighted by molar-refractivity contribution is 0.474. The molecule has 0 saturated heterocycles. The molecule has 0 aliphatic carbocycles. The van der Waals surface area contributed by atoms with E-state index in [4.69, 9.17) is 4.74 Å². The van der Waals surface area contributed by atoms with Crippen LogP contribution in [0.2, 0.25) is 0 Å². The quantitative estimate of drug-likeness (QED) is 0.722. The summed E-state index contributed by atoms with van der Waals surface area (Å²) in [5.74, 6) is 1.88. The highest BCUT2D eigenvalue weighted by atomic mass is 16.5. The second-order valence-corrected chi connectivity index (χ2v) is 5.20. The number of rotatable bonds is 3. The fourth-order valence-electron chi connectivity index (χ4n) is 2.42. The molecule has 0 saturated carbocycles. The number of hydrogen-bond donors (Lipinski definition) is 0. The highest BCUT2D eigenvalue weighted by Crippen LogP contribution is 2.31. The zero-order chi connectivity index (χ0) is 14.0.